The molecule has 8 heteroatoms. The van der Waals surface area contributed by atoms with Crippen LogP contribution < -0.4 is 14.8 Å². The van der Waals surface area contributed by atoms with Crippen LogP contribution in [0.1, 0.15) is 45.1 Å². The molecule has 0 bridgehead atoms. The molecule has 1 aromatic heterocycles. The summed E-state index contributed by atoms with van der Waals surface area (Å²) >= 11 is 0. The third-order valence-electron chi connectivity index (χ3n) is 4.68. The number of esters is 1. The van der Waals surface area contributed by atoms with E-state index in [4.69, 9.17) is 14.2 Å². The van der Waals surface area contributed by atoms with Gasteiger partial charge in [-0.1, -0.05) is 32.0 Å². The van der Waals surface area contributed by atoms with E-state index in [-0.39, 0.29) is 17.4 Å². The number of carbonyl (C=O) groups excluding carboxylic acids is 2. The molecule has 0 aliphatic rings. The number of rotatable bonds is 9. The van der Waals surface area contributed by atoms with Crippen molar-refractivity contribution in [3.8, 4) is 17.2 Å². The number of aromatic nitrogens is 1. The lowest BCUT2D eigenvalue weighted by Gasteiger charge is -2.37. The van der Waals surface area contributed by atoms with Crippen molar-refractivity contribution in [3.05, 3.63) is 48.3 Å². The van der Waals surface area contributed by atoms with Gasteiger partial charge < -0.3 is 24.6 Å². The van der Waals surface area contributed by atoms with Crippen LogP contribution >= 0.6 is 0 Å². The van der Waals surface area contributed by atoms with Crippen LogP contribution in [0.15, 0.2) is 42.6 Å². The summed E-state index contributed by atoms with van der Waals surface area (Å²) < 4.78 is 16.8. The molecular formula is C23H30N2O6. The molecule has 168 valence electrons. The van der Waals surface area contributed by atoms with Gasteiger partial charge in [-0.25, -0.2) is 9.78 Å². The van der Waals surface area contributed by atoms with E-state index in [1.165, 1.54) is 26.3 Å². The van der Waals surface area contributed by atoms with E-state index in [2.05, 4.69) is 10.3 Å². The fourth-order valence-corrected chi connectivity index (χ4v) is 3.22. The quantitative estimate of drug-likeness (QED) is 0.588. The lowest BCUT2D eigenvalue weighted by atomic mass is 9.91. The summed E-state index contributed by atoms with van der Waals surface area (Å²) in [5, 5.41) is 12.6. The Morgan fingerprint density at radius 1 is 1.10 bits per heavy atom. The summed E-state index contributed by atoms with van der Waals surface area (Å²) in [6.45, 7) is 8.98. The molecule has 0 saturated carbocycles. The van der Waals surface area contributed by atoms with Gasteiger partial charge in [0.05, 0.1) is 7.11 Å². The number of hydrogen-bond acceptors (Lipinski definition) is 7. The Morgan fingerprint density at radius 2 is 1.74 bits per heavy atom. The van der Waals surface area contributed by atoms with Gasteiger partial charge in [0, 0.05) is 12.3 Å². The molecule has 0 aliphatic heterocycles. The maximum atomic E-state index is 12.7. The normalized spacial score (nSPS) is 13.3. The zero-order valence-corrected chi connectivity index (χ0v) is 18.7. The molecule has 2 N–H and O–H groups in total. The predicted molar refractivity (Wildman–Crippen MR) is 115 cm³/mol. The van der Waals surface area contributed by atoms with Crippen molar-refractivity contribution >= 4 is 11.9 Å². The number of nitrogens with one attached hydrogen (secondary N) is 1. The number of pyridine rings is 1. The zero-order valence-electron chi connectivity index (χ0n) is 18.7. The van der Waals surface area contributed by atoms with Crippen LogP contribution in [0.5, 0.6) is 17.2 Å². The molecule has 1 heterocycles. The summed E-state index contributed by atoms with van der Waals surface area (Å²) in [4.78, 5) is 29.0. The average Bonchev–Trinajstić information content (AvgIpc) is 2.72. The largest absolute Gasteiger partial charge is 0.503 e. The van der Waals surface area contributed by atoms with E-state index in [1.54, 1.807) is 13.8 Å². The van der Waals surface area contributed by atoms with E-state index in [9.17, 15) is 14.7 Å². The van der Waals surface area contributed by atoms with Gasteiger partial charge in [-0.05, 0) is 38.8 Å². The Morgan fingerprint density at radius 3 is 2.32 bits per heavy atom. The maximum absolute atomic E-state index is 12.7. The van der Waals surface area contributed by atoms with Gasteiger partial charge in [-0.2, -0.15) is 0 Å². The third-order valence-corrected chi connectivity index (χ3v) is 4.68. The second-order valence-electron chi connectivity index (χ2n) is 8.03. The Balaban J connectivity index is 2.08. The standard InChI is InChI=1S/C23H30N2O6/c1-14(2)20(30-16-10-8-7-9-11-16)23(4,5)31-22(28)15(3)25-21(27)18-19(26)17(29-6)12-13-24-18/h7-15,20,26H,1-6H3,(H,25,27)/t15?,20-/m0/s1. The zero-order chi connectivity index (χ0) is 23.2. The first-order chi connectivity index (χ1) is 14.6. The van der Waals surface area contributed by atoms with E-state index >= 15 is 0 Å². The Bertz CT molecular complexity index is 898. The summed E-state index contributed by atoms with van der Waals surface area (Å²) in [7, 11) is 1.36. The predicted octanol–water partition coefficient (Wildman–Crippen LogP) is 3.34. The van der Waals surface area contributed by atoms with Crippen LogP contribution in [0.2, 0.25) is 0 Å². The summed E-state index contributed by atoms with van der Waals surface area (Å²) in [5.41, 5.74) is -1.22. The molecule has 1 aromatic carbocycles. The van der Waals surface area contributed by atoms with Crippen LogP contribution in [0.4, 0.5) is 0 Å². The van der Waals surface area contributed by atoms with Gasteiger partial charge in [0.2, 0.25) is 0 Å². The van der Waals surface area contributed by atoms with Crippen LogP contribution in [0.3, 0.4) is 0 Å². The van der Waals surface area contributed by atoms with Gasteiger partial charge in [0.1, 0.15) is 23.5 Å². The van der Waals surface area contributed by atoms with Crippen molar-refractivity contribution in [2.75, 3.05) is 7.11 Å². The minimum absolute atomic E-state index is 0.0471. The fraction of sp³-hybridized carbons (Fsp3) is 0.435. The molecular weight excluding hydrogens is 400 g/mol. The van der Waals surface area contributed by atoms with Crippen LogP contribution in [0, 0.1) is 5.92 Å². The number of ether oxygens (including phenoxy) is 3. The first-order valence-corrected chi connectivity index (χ1v) is 10.0. The molecule has 0 fully saturated rings. The summed E-state index contributed by atoms with van der Waals surface area (Å²) in [6, 6.07) is 9.74. The number of para-hydroxylation sites is 1. The van der Waals surface area contributed by atoms with E-state index in [0.717, 1.165) is 0 Å². The number of aromatic hydroxyl groups is 1. The second kappa shape index (κ2) is 10.1. The fourth-order valence-electron chi connectivity index (χ4n) is 3.22. The Kier molecular flexibility index (Phi) is 7.85. The number of methoxy groups -OCH3 is 1. The molecule has 31 heavy (non-hydrogen) atoms. The van der Waals surface area contributed by atoms with Crippen molar-refractivity contribution in [3.63, 3.8) is 0 Å². The SMILES string of the molecule is COc1ccnc(C(=O)NC(C)C(=O)OC(C)(C)[C@@H](Oc2ccccc2)C(C)C)c1O. The highest BCUT2D eigenvalue weighted by molar-refractivity contribution is 5.97. The van der Waals surface area contributed by atoms with Crippen LogP contribution in [0.25, 0.3) is 0 Å². The number of hydrogen-bond donors (Lipinski definition) is 2. The number of benzene rings is 1. The lowest BCUT2D eigenvalue weighted by Crippen LogP contribution is -2.51. The molecule has 8 nitrogen and oxygen atoms in total. The second-order valence-corrected chi connectivity index (χ2v) is 8.03. The van der Waals surface area contributed by atoms with Gasteiger partial charge in [-0.15, -0.1) is 0 Å². The minimum Gasteiger partial charge on any atom is -0.503 e. The number of carbonyl (C=O) groups is 2. The molecule has 0 aliphatic carbocycles. The third kappa shape index (κ3) is 6.10. The number of nitrogens with zero attached hydrogens (tertiary/aromatic N) is 1. The van der Waals surface area contributed by atoms with Crippen LogP contribution in [-0.4, -0.2) is 46.8 Å². The van der Waals surface area contributed by atoms with Gasteiger partial charge in [0.15, 0.2) is 17.2 Å². The minimum atomic E-state index is -0.983. The van der Waals surface area contributed by atoms with E-state index in [1.807, 2.05) is 44.2 Å². The highest BCUT2D eigenvalue weighted by Gasteiger charge is 2.39. The smallest absolute Gasteiger partial charge is 0.329 e. The van der Waals surface area contributed by atoms with Gasteiger partial charge >= 0.3 is 5.97 Å². The van der Waals surface area contributed by atoms with Gasteiger partial charge in [-0.3, -0.25) is 4.79 Å². The molecule has 2 rings (SSSR count). The van der Waals surface area contributed by atoms with Crippen molar-refractivity contribution < 1.29 is 28.9 Å². The van der Waals surface area contributed by atoms with Crippen molar-refractivity contribution in [2.45, 2.75) is 52.4 Å². The first kappa shape index (κ1) is 24.0. The highest BCUT2D eigenvalue weighted by Crippen LogP contribution is 2.29. The molecule has 0 saturated heterocycles. The Hall–Kier alpha value is -3.29. The van der Waals surface area contributed by atoms with Crippen LogP contribution in [-0.2, 0) is 9.53 Å². The topological polar surface area (TPSA) is 107 Å². The molecule has 0 spiro atoms. The Labute approximate surface area is 182 Å². The van der Waals surface area contributed by atoms with Crippen molar-refractivity contribution in [2.24, 2.45) is 5.92 Å². The molecule has 0 radical (unpaired) electrons. The first-order valence-electron chi connectivity index (χ1n) is 10.0. The summed E-state index contributed by atoms with van der Waals surface area (Å²) in [6.07, 6.45) is 0.902. The molecule has 1 unspecified atom stereocenters. The monoisotopic (exact) mass is 430 g/mol. The maximum Gasteiger partial charge on any atom is 0.329 e. The van der Waals surface area contributed by atoms with E-state index in [0.29, 0.717) is 5.75 Å². The summed E-state index contributed by atoms with van der Waals surface area (Å²) in [5.74, 6) is -0.936. The molecule has 2 atom stereocenters. The van der Waals surface area contributed by atoms with E-state index < -0.39 is 35.4 Å². The number of amides is 1. The van der Waals surface area contributed by atoms with Crippen molar-refractivity contribution in [1.29, 1.82) is 0 Å². The molecule has 1 amide bonds. The lowest BCUT2D eigenvalue weighted by molar-refractivity contribution is -0.170. The molecule has 2 aromatic rings. The average molecular weight is 431 g/mol. The van der Waals surface area contributed by atoms with Crippen molar-refractivity contribution in [1.82, 2.24) is 10.3 Å². The van der Waals surface area contributed by atoms with Gasteiger partial charge in [0.25, 0.3) is 5.91 Å². The highest BCUT2D eigenvalue weighted by atomic mass is 16.6.